The van der Waals surface area contributed by atoms with E-state index in [4.69, 9.17) is 4.74 Å². The molecule has 1 fully saturated rings. The van der Waals surface area contributed by atoms with E-state index in [1.165, 1.54) is 4.90 Å². The summed E-state index contributed by atoms with van der Waals surface area (Å²) in [7, 11) is 1.64. The largest absolute Gasteiger partial charge is 0.401 e. The zero-order valence-electron chi connectivity index (χ0n) is 14.9. The summed E-state index contributed by atoms with van der Waals surface area (Å²) >= 11 is 0. The van der Waals surface area contributed by atoms with Crippen molar-refractivity contribution in [2.75, 3.05) is 46.4 Å². The third kappa shape index (κ3) is 9.87. The monoisotopic (exact) mass is 466 g/mol. The van der Waals surface area contributed by atoms with Crippen molar-refractivity contribution >= 4 is 29.9 Å². The van der Waals surface area contributed by atoms with Crippen LogP contribution in [0.1, 0.15) is 27.2 Å². The predicted octanol–water partition coefficient (Wildman–Crippen LogP) is 2.47. The third-order valence-corrected chi connectivity index (χ3v) is 3.85. The summed E-state index contributed by atoms with van der Waals surface area (Å²) < 4.78 is 42.5. The first-order valence-corrected chi connectivity index (χ1v) is 8.01. The summed E-state index contributed by atoms with van der Waals surface area (Å²) in [5, 5.41) is 6.36. The summed E-state index contributed by atoms with van der Waals surface area (Å²) in [4.78, 5) is 5.93. The lowest BCUT2D eigenvalue weighted by Gasteiger charge is -2.22. The van der Waals surface area contributed by atoms with Crippen LogP contribution in [0.15, 0.2) is 4.99 Å². The highest BCUT2D eigenvalue weighted by molar-refractivity contribution is 14.0. The van der Waals surface area contributed by atoms with E-state index in [0.29, 0.717) is 32.1 Å². The van der Waals surface area contributed by atoms with Gasteiger partial charge in [-0.1, -0.05) is 0 Å². The Morgan fingerprint density at radius 3 is 2.50 bits per heavy atom. The molecule has 1 aliphatic rings. The molecule has 0 aromatic rings. The van der Waals surface area contributed by atoms with E-state index in [1.807, 2.05) is 20.8 Å². The van der Waals surface area contributed by atoms with Crippen LogP contribution in [0.5, 0.6) is 0 Å². The van der Waals surface area contributed by atoms with E-state index >= 15 is 0 Å². The number of likely N-dealkylation sites (tertiary alicyclic amines) is 1. The maximum absolute atomic E-state index is 12.4. The third-order valence-electron chi connectivity index (χ3n) is 3.85. The molecule has 0 radical (unpaired) electrons. The fourth-order valence-corrected chi connectivity index (χ4v) is 2.39. The first-order valence-electron chi connectivity index (χ1n) is 8.01. The second-order valence-corrected chi connectivity index (χ2v) is 6.54. The molecular formula is C15H30F3IN4O. The number of hydrogen-bond acceptors (Lipinski definition) is 3. The van der Waals surface area contributed by atoms with Crippen molar-refractivity contribution in [1.82, 2.24) is 15.5 Å². The molecule has 2 N–H and O–H groups in total. The van der Waals surface area contributed by atoms with Crippen LogP contribution >= 0.6 is 24.0 Å². The lowest BCUT2D eigenvalue weighted by Crippen LogP contribution is -2.41. The van der Waals surface area contributed by atoms with Crippen LogP contribution in [-0.4, -0.2) is 69.0 Å². The van der Waals surface area contributed by atoms with E-state index in [0.717, 1.165) is 13.0 Å². The van der Waals surface area contributed by atoms with Gasteiger partial charge in [0.15, 0.2) is 5.96 Å². The van der Waals surface area contributed by atoms with Gasteiger partial charge in [-0.2, -0.15) is 13.2 Å². The van der Waals surface area contributed by atoms with Crippen LogP contribution in [0.4, 0.5) is 13.2 Å². The Morgan fingerprint density at radius 1 is 1.29 bits per heavy atom. The van der Waals surface area contributed by atoms with Gasteiger partial charge in [0.05, 0.1) is 18.7 Å². The number of rotatable bonds is 7. The number of guanidine groups is 1. The Kier molecular flexibility index (Phi) is 10.5. The van der Waals surface area contributed by atoms with Crippen molar-refractivity contribution in [2.24, 2.45) is 10.9 Å². The van der Waals surface area contributed by atoms with Crippen molar-refractivity contribution in [1.29, 1.82) is 0 Å². The number of nitrogens with zero attached hydrogens (tertiary/aromatic N) is 2. The number of ether oxygens (including phenoxy) is 1. The summed E-state index contributed by atoms with van der Waals surface area (Å²) in [6.45, 7) is 7.87. The number of alkyl halides is 3. The van der Waals surface area contributed by atoms with E-state index in [-0.39, 0.29) is 35.5 Å². The summed E-state index contributed by atoms with van der Waals surface area (Å²) in [5.41, 5.74) is -0.348. The van der Waals surface area contributed by atoms with Crippen molar-refractivity contribution < 1.29 is 17.9 Å². The average molecular weight is 466 g/mol. The first kappa shape index (κ1) is 23.7. The van der Waals surface area contributed by atoms with Gasteiger partial charge in [-0.25, -0.2) is 0 Å². The van der Waals surface area contributed by atoms with Gasteiger partial charge in [0.25, 0.3) is 0 Å². The zero-order valence-corrected chi connectivity index (χ0v) is 17.2. The van der Waals surface area contributed by atoms with Crippen LogP contribution in [0.25, 0.3) is 0 Å². The Bertz CT molecular complexity index is 391. The molecule has 0 spiro atoms. The standard InChI is InChI=1S/C15H29F3N4O.HI/c1-5-19-13(21-10-14(2,3)23-4)20-8-12-6-7-22(9-12)11-15(16,17)18;/h12H,5-11H2,1-4H3,(H2,19,20,21);1H. The Labute approximate surface area is 159 Å². The molecule has 9 heteroatoms. The highest BCUT2D eigenvalue weighted by Gasteiger charge is 2.34. The molecule has 0 amide bonds. The summed E-state index contributed by atoms with van der Waals surface area (Å²) in [5.74, 6) is 0.878. The van der Waals surface area contributed by atoms with Crippen LogP contribution in [0, 0.1) is 5.92 Å². The molecule has 1 saturated heterocycles. The molecule has 1 unspecified atom stereocenters. The topological polar surface area (TPSA) is 48.9 Å². The molecule has 1 heterocycles. The van der Waals surface area contributed by atoms with Gasteiger partial charge in [-0.3, -0.25) is 9.89 Å². The minimum absolute atomic E-state index is 0. The highest BCUT2D eigenvalue weighted by Crippen LogP contribution is 2.22. The minimum Gasteiger partial charge on any atom is -0.377 e. The molecule has 5 nitrogen and oxygen atoms in total. The van der Waals surface area contributed by atoms with Crippen molar-refractivity contribution in [3.05, 3.63) is 0 Å². The Morgan fingerprint density at radius 2 is 1.96 bits per heavy atom. The van der Waals surface area contributed by atoms with E-state index in [2.05, 4.69) is 15.6 Å². The number of halogens is 4. The van der Waals surface area contributed by atoms with Crippen LogP contribution in [0.2, 0.25) is 0 Å². The predicted molar refractivity (Wildman–Crippen MR) is 101 cm³/mol. The van der Waals surface area contributed by atoms with E-state index in [1.54, 1.807) is 7.11 Å². The molecule has 0 saturated carbocycles. The van der Waals surface area contributed by atoms with Crippen molar-refractivity contribution in [2.45, 2.75) is 39.0 Å². The number of hydrogen-bond donors (Lipinski definition) is 2. The molecule has 144 valence electrons. The lowest BCUT2D eigenvalue weighted by atomic mass is 10.1. The van der Waals surface area contributed by atoms with Gasteiger partial charge < -0.3 is 15.4 Å². The van der Waals surface area contributed by atoms with Crippen LogP contribution in [-0.2, 0) is 4.74 Å². The minimum atomic E-state index is -4.12. The van der Waals surface area contributed by atoms with Gasteiger partial charge in [0, 0.05) is 26.7 Å². The van der Waals surface area contributed by atoms with Crippen molar-refractivity contribution in [3.63, 3.8) is 0 Å². The van der Waals surface area contributed by atoms with Gasteiger partial charge in [0.1, 0.15) is 0 Å². The highest BCUT2D eigenvalue weighted by atomic mass is 127. The Hall–Kier alpha value is -0.290. The molecule has 1 atom stereocenters. The molecular weight excluding hydrogens is 436 g/mol. The van der Waals surface area contributed by atoms with E-state index in [9.17, 15) is 13.2 Å². The van der Waals surface area contributed by atoms with Crippen LogP contribution in [0.3, 0.4) is 0 Å². The fourth-order valence-electron chi connectivity index (χ4n) is 2.39. The molecule has 24 heavy (non-hydrogen) atoms. The molecule has 0 aromatic carbocycles. The van der Waals surface area contributed by atoms with Gasteiger partial charge >= 0.3 is 6.18 Å². The van der Waals surface area contributed by atoms with Gasteiger partial charge in [-0.15, -0.1) is 24.0 Å². The smallest absolute Gasteiger partial charge is 0.377 e. The second-order valence-electron chi connectivity index (χ2n) is 6.54. The normalized spacial score (nSPS) is 20.0. The summed E-state index contributed by atoms with van der Waals surface area (Å²) in [6.07, 6.45) is -3.35. The SMILES string of the molecule is CCNC(=NCC(C)(C)OC)NCC1CCN(CC(F)(F)F)C1.I. The Balaban J connectivity index is 0.00000529. The van der Waals surface area contributed by atoms with Crippen LogP contribution < -0.4 is 10.6 Å². The quantitative estimate of drug-likeness (QED) is 0.344. The number of nitrogens with one attached hydrogen (secondary N) is 2. The average Bonchev–Trinajstić information content (AvgIpc) is 2.87. The maximum atomic E-state index is 12.4. The molecule has 0 aromatic heterocycles. The molecule has 1 aliphatic heterocycles. The summed E-state index contributed by atoms with van der Waals surface area (Å²) in [6, 6.07) is 0. The molecule has 0 aliphatic carbocycles. The van der Waals surface area contributed by atoms with Gasteiger partial charge in [0.2, 0.25) is 0 Å². The molecule has 0 bridgehead atoms. The van der Waals surface area contributed by atoms with E-state index < -0.39 is 12.7 Å². The first-order chi connectivity index (χ1) is 10.6. The van der Waals surface area contributed by atoms with Crippen molar-refractivity contribution in [3.8, 4) is 0 Å². The van der Waals surface area contributed by atoms with Gasteiger partial charge in [-0.05, 0) is 39.7 Å². The fraction of sp³-hybridized carbons (Fsp3) is 0.933. The zero-order chi connectivity index (χ0) is 17.5. The second kappa shape index (κ2) is 10.6. The number of methoxy groups -OCH3 is 1. The maximum Gasteiger partial charge on any atom is 0.401 e. The molecule has 1 rings (SSSR count). The lowest BCUT2D eigenvalue weighted by molar-refractivity contribution is -0.143. The number of aliphatic imine (C=N–C) groups is 1.